The van der Waals surface area contributed by atoms with Crippen molar-refractivity contribution in [3.8, 4) is 0 Å². The fraction of sp³-hybridized carbons (Fsp3) is 0.737. The maximum absolute atomic E-state index is 12.2. The smallest absolute Gasteiger partial charge is 0.410 e. The van der Waals surface area contributed by atoms with Gasteiger partial charge in [-0.25, -0.2) is 4.79 Å². The molecule has 1 aromatic heterocycles. The van der Waals surface area contributed by atoms with Gasteiger partial charge in [-0.3, -0.25) is 0 Å². The zero-order chi connectivity index (χ0) is 19.4. The van der Waals surface area contributed by atoms with Crippen LogP contribution in [0.4, 0.5) is 22.4 Å². The van der Waals surface area contributed by atoms with E-state index in [-0.39, 0.29) is 6.09 Å². The molecule has 27 heavy (non-hydrogen) atoms. The molecule has 3 heterocycles. The van der Waals surface area contributed by atoms with Gasteiger partial charge in [-0.2, -0.15) is 9.97 Å². The second-order valence-corrected chi connectivity index (χ2v) is 8.31. The van der Waals surface area contributed by atoms with Gasteiger partial charge in [0, 0.05) is 45.3 Å². The van der Waals surface area contributed by atoms with Crippen molar-refractivity contribution in [3.63, 3.8) is 0 Å². The van der Waals surface area contributed by atoms with Crippen LogP contribution in [0.5, 0.6) is 0 Å². The number of carbonyl (C=O) groups excluding carboxylic acids is 1. The molecule has 1 amide bonds. The molecule has 2 aliphatic heterocycles. The van der Waals surface area contributed by atoms with Gasteiger partial charge in [0.05, 0.1) is 0 Å². The summed E-state index contributed by atoms with van der Waals surface area (Å²) < 4.78 is 5.46. The van der Waals surface area contributed by atoms with Crippen molar-refractivity contribution in [1.29, 1.82) is 0 Å². The predicted octanol–water partition coefficient (Wildman–Crippen LogP) is 2.50. The second kappa shape index (κ2) is 8.19. The lowest BCUT2D eigenvalue weighted by atomic mass is 10.2. The van der Waals surface area contributed by atoms with E-state index in [1.165, 1.54) is 25.7 Å². The lowest BCUT2D eigenvalue weighted by molar-refractivity contribution is 0.0240. The van der Waals surface area contributed by atoms with Crippen molar-refractivity contribution in [3.05, 3.63) is 6.07 Å². The van der Waals surface area contributed by atoms with Crippen molar-refractivity contribution >= 4 is 23.7 Å². The maximum Gasteiger partial charge on any atom is 0.410 e. The molecule has 2 saturated heterocycles. The average molecular weight is 377 g/mol. The fourth-order valence-corrected chi connectivity index (χ4v) is 3.46. The molecule has 2 aliphatic rings. The Balaban J connectivity index is 1.64. The highest BCUT2D eigenvalue weighted by molar-refractivity contribution is 5.68. The number of nitrogens with zero attached hydrogens (tertiary/aromatic N) is 5. The van der Waals surface area contributed by atoms with Crippen LogP contribution in [0.3, 0.4) is 0 Å². The van der Waals surface area contributed by atoms with Crippen LogP contribution in [0.25, 0.3) is 0 Å². The number of nitrogens with two attached hydrogens (primary N) is 1. The van der Waals surface area contributed by atoms with Crippen LogP contribution in [-0.4, -0.2) is 65.8 Å². The van der Waals surface area contributed by atoms with E-state index in [1.807, 2.05) is 26.8 Å². The quantitative estimate of drug-likeness (QED) is 0.848. The Morgan fingerprint density at radius 1 is 0.963 bits per heavy atom. The molecule has 2 fully saturated rings. The number of rotatable bonds is 2. The minimum atomic E-state index is -0.475. The Bertz CT molecular complexity index is 644. The van der Waals surface area contributed by atoms with Crippen LogP contribution >= 0.6 is 0 Å². The van der Waals surface area contributed by atoms with Crippen LogP contribution in [-0.2, 0) is 4.74 Å². The first kappa shape index (κ1) is 19.5. The Labute approximate surface area is 161 Å². The van der Waals surface area contributed by atoms with Gasteiger partial charge in [0.25, 0.3) is 0 Å². The van der Waals surface area contributed by atoms with Crippen LogP contribution in [0.15, 0.2) is 6.07 Å². The fourth-order valence-electron chi connectivity index (χ4n) is 3.46. The number of anilines is 3. The highest BCUT2D eigenvalue weighted by Crippen LogP contribution is 2.23. The highest BCUT2D eigenvalue weighted by Gasteiger charge is 2.27. The summed E-state index contributed by atoms with van der Waals surface area (Å²) in [4.78, 5) is 27.6. The van der Waals surface area contributed by atoms with Gasteiger partial charge >= 0.3 is 6.09 Å². The Morgan fingerprint density at radius 2 is 1.59 bits per heavy atom. The minimum Gasteiger partial charge on any atom is -0.444 e. The molecule has 0 spiro atoms. The van der Waals surface area contributed by atoms with E-state index in [0.717, 1.165) is 24.9 Å². The van der Waals surface area contributed by atoms with Crippen molar-refractivity contribution in [2.75, 3.05) is 54.8 Å². The van der Waals surface area contributed by atoms with Crippen molar-refractivity contribution < 1.29 is 9.53 Å². The Morgan fingerprint density at radius 3 is 2.19 bits per heavy atom. The van der Waals surface area contributed by atoms with Crippen LogP contribution < -0.4 is 15.5 Å². The van der Waals surface area contributed by atoms with Crippen LogP contribution in [0.1, 0.15) is 46.5 Å². The van der Waals surface area contributed by atoms with E-state index in [1.54, 1.807) is 4.90 Å². The second-order valence-electron chi connectivity index (χ2n) is 8.31. The van der Waals surface area contributed by atoms with E-state index >= 15 is 0 Å². The Hall–Kier alpha value is -2.25. The first-order valence-corrected chi connectivity index (χ1v) is 9.94. The molecule has 8 heteroatoms. The maximum atomic E-state index is 12.2. The summed E-state index contributed by atoms with van der Waals surface area (Å²) in [6.07, 6.45) is 4.61. The number of aromatic nitrogens is 2. The minimum absolute atomic E-state index is 0.255. The number of hydrogen-bond acceptors (Lipinski definition) is 7. The molecule has 0 aliphatic carbocycles. The van der Waals surface area contributed by atoms with E-state index in [9.17, 15) is 4.79 Å². The molecule has 2 N–H and O–H groups in total. The number of ether oxygens (including phenoxy) is 1. The summed E-state index contributed by atoms with van der Waals surface area (Å²) >= 11 is 0. The monoisotopic (exact) mass is 376 g/mol. The first-order chi connectivity index (χ1) is 12.8. The summed E-state index contributed by atoms with van der Waals surface area (Å²) in [5.41, 5.74) is 5.59. The Kier molecular flexibility index (Phi) is 5.92. The summed E-state index contributed by atoms with van der Waals surface area (Å²) in [6.45, 7) is 10.2. The molecule has 0 aromatic carbocycles. The van der Waals surface area contributed by atoms with Crippen molar-refractivity contribution in [1.82, 2.24) is 14.9 Å². The molecular weight excluding hydrogens is 344 g/mol. The predicted molar refractivity (Wildman–Crippen MR) is 107 cm³/mol. The number of piperazine rings is 1. The molecule has 1 aromatic rings. The number of hydrogen-bond donors (Lipinski definition) is 1. The van der Waals surface area contributed by atoms with Gasteiger partial charge in [0.15, 0.2) is 0 Å². The molecule has 8 nitrogen and oxygen atoms in total. The van der Waals surface area contributed by atoms with E-state index in [4.69, 9.17) is 15.5 Å². The van der Waals surface area contributed by atoms with E-state index in [2.05, 4.69) is 14.8 Å². The van der Waals surface area contributed by atoms with E-state index < -0.39 is 5.60 Å². The van der Waals surface area contributed by atoms with Crippen molar-refractivity contribution in [2.24, 2.45) is 0 Å². The highest BCUT2D eigenvalue weighted by atomic mass is 16.6. The average Bonchev–Trinajstić information content (AvgIpc) is 2.89. The molecular formula is C19H32N6O2. The third kappa shape index (κ3) is 5.37. The number of amides is 1. The summed E-state index contributed by atoms with van der Waals surface area (Å²) in [6, 6.07) is 1.82. The number of nitrogen functional groups attached to an aromatic ring is 1. The van der Waals surface area contributed by atoms with Gasteiger partial charge in [-0.15, -0.1) is 0 Å². The van der Waals surface area contributed by atoms with Gasteiger partial charge in [-0.05, 0) is 33.6 Å². The van der Waals surface area contributed by atoms with Gasteiger partial charge in [-0.1, -0.05) is 12.8 Å². The SMILES string of the molecule is CC(C)(C)OC(=O)N1CCN(c2cc(N)nc(N3CCCCCC3)n2)CC1. The lowest BCUT2D eigenvalue weighted by Gasteiger charge is -2.36. The van der Waals surface area contributed by atoms with Gasteiger partial charge < -0.3 is 25.2 Å². The first-order valence-electron chi connectivity index (χ1n) is 9.94. The summed E-state index contributed by atoms with van der Waals surface area (Å²) in [5, 5.41) is 0. The van der Waals surface area contributed by atoms with Gasteiger partial charge in [0.1, 0.15) is 17.2 Å². The largest absolute Gasteiger partial charge is 0.444 e. The lowest BCUT2D eigenvalue weighted by Crippen LogP contribution is -2.50. The topological polar surface area (TPSA) is 87.8 Å². The standard InChI is InChI=1S/C19H32N6O2/c1-19(2,3)27-18(26)25-12-10-23(11-13-25)16-14-15(20)21-17(22-16)24-8-6-4-5-7-9-24/h14H,4-13H2,1-3H3,(H2,20,21,22). The zero-order valence-corrected chi connectivity index (χ0v) is 16.8. The third-order valence-electron chi connectivity index (χ3n) is 4.86. The van der Waals surface area contributed by atoms with E-state index in [0.29, 0.717) is 32.0 Å². The molecule has 0 unspecified atom stereocenters. The third-order valence-corrected chi connectivity index (χ3v) is 4.86. The molecule has 3 rings (SSSR count). The molecule has 0 bridgehead atoms. The molecule has 0 radical (unpaired) electrons. The number of carbonyl (C=O) groups is 1. The summed E-state index contributed by atoms with van der Waals surface area (Å²) in [7, 11) is 0. The van der Waals surface area contributed by atoms with Crippen LogP contribution in [0, 0.1) is 0 Å². The zero-order valence-electron chi connectivity index (χ0n) is 16.8. The molecule has 150 valence electrons. The van der Waals surface area contributed by atoms with Gasteiger partial charge in [0.2, 0.25) is 5.95 Å². The normalized spacial score (nSPS) is 19.0. The molecule has 0 saturated carbocycles. The summed E-state index contributed by atoms with van der Waals surface area (Å²) in [5.74, 6) is 2.06. The van der Waals surface area contributed by atoms with Crippen molar-refractivity contribution in [2.45, 2.75) is 52.1 Å². The van der Waals surface area contributed by atoms with Crippen LogP contribution in [0.2, 0.25) is 0 Å². The molecule has 0 atom stereocenters.